The lowest BCUT2D eigenvalue weighted by Gasteiger charge is -2.05. The SMILES string of the molecule is CC(C#N)Sc1ccc(-c2ccccc2)cc1. The van der Waals surface area contributed by atoms with Crippen LogP contribution in [-0.4, -0.2) is 5.25 Å². The molecule has 0 fully saturated rings. The maximum absolute atomic E-state index is 8.76. The van der Waals surface area contributed by atoms with Gasteiger partial charge in [0, 0.05) is 4.90 Å². The second kappa shape index (κ2) is 5.56. The molecule has 2 aromatic carbocycles. The molecule has 0 aromatic heterocycles. The molecule has 0 N–H and O–H groups in total. The summed E-state index contributed by atoms with van der Waals surface area (Å²) < 4.78 is 0. The molecular weight excluding hydrogens is 226 g/mol. The highest BCUT2D eigenvalue weighted by atomic mass is 32.2. The minimum atomic E-state index is -0.00225. The van der Waals surface area contributed by atoms with Crippen LogP contribution in [0.2, 0.25) is 0 Å². The highest BCUT2D eigenvalue weighted by Gasteiger charge is 2.02. The standard InChI is InChI=1S/C15H13NS/c1-12(11-16)17-15-9-7-14(8-10-15)13-5-3-2-4-6-13/h2-10,12H,1H3. The Bertz CT molecular complexity index is 511. The van der Waals surface area contributed by atoms with Crippen LogP contribution in [0.1, 0.15) is 6.92 Å². The number of nitrogens with zero attached hydrogens (tertiary/aromatic N) is 1. The molecule has 84 valence electrons. The fraction of sp³-hybridized carbons (Fsp3) is 0.133. The maximum atomic E-state index is 8.76. The van der Waals surface area contributed by atoms with Crippen molar-refractivity contribution in [1.82, 2.24) is 0 Å². The Labute approximate surface area is 106 Å². The molecule has 0 radical (unpaired) electrons. The van der Waals surface area contributed by atoms with Gasteiger partial charge < -0.3 is 0 Å². The van der Waals surface area contributed by atoms with Gasteiger partial charge in [0.15, 0.2) is 0 Å². The summed E-state index contributed by atoms with van der Waals surface area (Å²) in [6.45, 7) is 1.91. The first-order valence-electron chi connectivity index (χ1n) is 5.51. The molecule has 2 aromatic rings. The first kappa shape index (κ1) is 11.8. The number of hydrogen-bond donors (Lipinski definition) is 0. The van der Waals surface area contributed by atoms with E-state index in [1.165, 1.54) is 11.1 Å². The molecule has 0 saturated carbocycles. The fourth-order valence-corrected chi connectivity index (χ4v) is 2.34. The van der Waals surface area contributed by atoms with Crippen LogP contribution in [0.25, 0.3) is 11.1 Å². The molecule has 0 aliphatic carbocycles. The summed E-state index contributed by atoms with van der Waals surface area (Å²) >= 11 is 1.59. The Balaban J connectivity index is 2.17. The van der Waals surface area contributed by atoms with Gasteiger partial charge in [0.25, 0.3) is 0 Å². The Morgan fingerprint density at radius 3 is 2.12 bits per heavy atom. The van der Waals surface area contributed by atoms with E-state index in [0.717, 1.165) is 4.90 Å². The van der Waals surface area contributed by atoms with Crippen LogP contribution < -0.4 is 0 Å². The van der Waals surface area contributed by atoms with Crippen molar-refractivity contribution in [3.63, 3.8) is 0 Å². The molecule has 0 aliphatic rings. The molecule has 17 heavy (non-hydrogen) atoms. The largest absolute Gasteiger partial charge is 0.197 e. The molecule has 2 heteroatoms. The first-order valence-corrected chi connectivity index (χ1v) is 6.39. The number of hydrogen-bond acceptors (Lipinski definition) is 2. The van der Waals surface area contributed by atoms with Gasteiger partial charge in [-0.3, -0.25) is 0 Å². The molecule has 0 spiro atoms. The minimum Gasteiger partial charge on any atom is -0.197 e. The Morgan fingerprint density at radius 1 is 0.941 bits per heavy atom. The molecule has 0 heterocycles. The zero-order valence-electron chi connectivity index (χ0n) is 9.63. The molecule has 0 aliphatic heterocycles. The van der Waals surface area contributed by atoms with Crippen molar-refractivity contribution < 1.29 is 0 Å². The third kappa shape index (κ3) is 3.12. The van der Waals surface area contributed by atoms with Crippen LogP contribution in [0, 0.1) is 11.3 Å². The van der Waals surface area contributed by atoms with E-state index in [9.17, 15) is 0 Å². The zero-order valence-corrected chi connectivity index (χ0v) is 10.4. The van der Waals surface area contributed by atoms with Crippen LogP contribution in [0.15, 0.2) is 59.5 Å². The Morgan fingerprint density at radius 2 is 1.53 bits per heavy atom. The van der Waals surface area contributed by atoms with E-state index in [1.54, 1.807) is 11.8 Å². The fourth-order valence-electron chi connectivity index (χ4n) is 1.59. The third-order valence-electron chi connectivity index (χ3n) is 2.46. The van der Waals surface area contributed by atoms with Crippen molar-refractivity contribution in [1.29, 1.82) is 5.26 Å². The van der Waals surface area contributed by atoms with E-state index in [0.29, 0.717) is 0 Å². The van der Waals surface area contributed by atoms with E-state index in [1.807, 2.05) is 25.1 Å². The molecule has 1 unspecified atom stereocenters. The van der Waals surface area contributed by atoms with Gasteiger partial charge in [-0.15, -0.1) is 11.8 Å². The van der Waals surface area contributed by atoms with Gasteiger partial charge in [0.1, 0.15) is 0 Å². The lowest BCUT2D eigenvalue weighted by molar-refractivity contribution is 1.23. The molecule has 0 saturated heterocycles. The van der Waals surface area contributed by atoms with Crippen molar-refractivity contribution in [3.05, 3.63) is 54.6 Å². The molecule has 0 bridgehead atoms. The molecular formula is C15H13NS. The summed E-state index contributed by atoms with van der Waals surface area (Å²) in [5.41, 5.74) is 2.43. The average molecular weight is 239 g/mol. The Kier molecular flexibility index (Phi) is 3.85. The van der Waals surface area contributed by atoms with Crippen LogP contribution in [0.4, 0.5) is 0 Å². The van der Waals surface area contributed by atoms with Crippen molar-refractivity contribution in [2.75, 3.05) is 0 Å². The van der Waals surface area contributed by atoms with Gasteiger partial charge in [0.2, 0.25) is 0 Å². The predicted octanol–water partition coefficient (Wildman–Crippen LogP) is 4.36. The van der Waals surface area contributed by atoms with Gasteiger partial charge in [0.05, 0.1) is 11.3 Å². The van der Waals surface area contributed by atoms with Crippen molar-refractivity contribution in [3.8, 4) is 17.2 Å². The number of thioether (sulfide) groups is 1. The summed E-state index contributed by atoms with van der Waals surface area (Å²) in [5, 5.41) is 8.76. The highest BCUT2D eigenvalue weighted by Crippen LogP contribution is 2.26. The maximum Gasteiger partial charge on any atom is 0.0935 e. The van der Waals surface area contributed by atoms with E-state index in [2.05, 4.69) is 42.5 Å². The smallest absolute Gasteiger partial charge is 0.0935 e. The summed E-state index contributed by atoms with van der Waals surface area (Å²) in [6, 6.07) is 20.8. The molecule has 1 nitrogen and oxygen atoms in total. The number of benzene rings is 2. The monoisotopic (exact) mass is 239 g/mol. The van der Waals surface area contributed by atoms with Crippen LogP contribution in [0.5, 0.6) is 0 Å². The van der Waals surface area contributed by atoms with E-state index in [-0.39, 0.29) is 5.25 Å². The quantitative estimate of drug-likeness (QED) is 0.743. The molecule has 1 atom stereocenters. The van der Waals surface area contributed by atoms with Crippen LogP contribution >= 0.6 is 11.8 Å². The lowest BCUT2D eigenvalue weighted by Crippen LogP contribution is -1.88. The van der Waals surface area contributed by atoms with E-state index < -0.39 is 0 Å². The van der Waals surface area contributed by atoms with Crippen LogP contribution in [-0.2, 0) is 0 Å². The Hall–Kier alpha value is -1.72. The van der Waals surface area contributed by atoms with Gasteiger partial charge in [-0.2, -0.15) is 5.26 Å². The number of nitriles is 1. The number of rotatable bonds is 3. The first-order chi connectivity index (χ1) is 8.29. The van der Waals surface area contributed by atoms with Gasteiger partial charge >= 0.3 is 0 Å². The summed E-state index contributed by atoms with van der Waals surface area (Å²) in [6.07, 6.45) is 0. The lowest BCUT2D eigenvalue weighted by atomic mass is 10.1. The average Bonchev–Trinajstić information content (AvgIpc) is 2.40. The summed E-state index contributed by atoms with van der Waals surface area (Å²) in [5.74, 6) is 0. The minimum absolute atomic E-state index is 0.00225. The molecule has 2 rings (SSSR count). The van der Waals surface area contributed by atoms with E-state index >= 15 is 0 Å². The topological polar surface area (TPSA) is 23.8 Å². The predicted molar refractivity (Wildman–Crippen MR) is 72.8 cm³/mol. The summed E-state index contributed by atoms with van der Waals surface area (Å²) in [7, 11) is 0. The molecule has 0 amide bonds. The van der Waals surface area contributed by atoms with Crippen molar-refractivity contribution in [2.24, 2.45) is 0 Å². The van der Waals surface area contributed by atoms with Crippen LogP contribution in [0.3, 0.4) is 0 Å². The normalized spacial score (nSPS) is 11.8. The zero-order chi connectivity index (χ0) is 12.1. The second-order valence-electron chi connectivity index (χ2n) is 3.78. The van der Waals surface area contributed by atoms with Crippen molar-refractivity contribution in [2.45, 2.75) is 17.1 Å². The second-order valence-corrected chi connectivity index (χ2v) is 5.19. The summed E-state index contributed by atoms with van der Waals surface area (Å²) in [4.78, 5) is 1.14. The van der Waals surface area contributed by atoms with Gasteiger partial charge in [-0.25, -0.2) is 0 Å². The highest BCUT2D eigenvalue weighted by molar-refractivity contribution is 8.00. The third-order valence-corrected chi connectivity index (χ3v) is 3.46. The van der Waals surface area contributed by atoms with Gasteiger partial charge in [-0.1, -0.05) is 42.5 Å². The van der Waals surface area contributed by atoms with Crippen molar-refractivity contribution >= 4 is 11.8 Å². The van der Waals surface area contributed by atoms with E-state index in [4.69, 9.17) is 5.26 Å². The van der Waals surface area contributed by atoms with Gasteiger partial charge in [-0.05, 0) is 30.2 Å².